The van der Waals surface area contributed by atoms with Crippen LogP contribution in [0.3, 0.4) is 0 Å². The van der Waals surface area contributed by atoms with Crippen molar-refractivity contribution in [3.63, 3.8) is 0 Å². The molecule has 0 radical (unpaired) electrons. The number of carbonyl (C=O) groups is 2. The third kappa shape index (κ3) is 7.66. The molecule has 0 aromatic heterocycles. The Morgan fingerprint density at radius 2 is 1.95 bits per heavy atom. The van der Waals surface area contributed by atoms with E-state index in [1.54, 1.807) is 20.8 Å². The first-order valence-corrected chi connectivity index (χ1v) is 6.59. The minimum absolute atomic E-state index is 0.0979. The number of aliphatic carboxylic acids is 1. The molecule has 1 aliphatic heterocycles. The zero-order valence-electron chi connectivity index (χ0n) is 12.4. The summed E-state index contributed by atoms with van der Waals surface area (Å²) in [5.41, 5.74) is -0.544. The summed E-state index contributed by atoms with van der Waals surface area (Å²) >= 11 is 0. The molecule has 1 heterocycles. The lowest BCUT2D eigenvalue weighted by atomic mass is 10.2. The van der Waals surface area contributed by atoms with Crippen LogP contribution in [0, 0.1) is 0 Å². The van der Waals surface area contributed by atoms with Crippen LogP contribution in [0.1, 0.15) is 41.0 Å². The van der Waals surface area contributed by atoms with Crippen LogP contribution >= 0.6 is 0 Å². The summed E-state index contributed by atoms with van der Waals surface area (Å²) in [6, 6.07) is 0. The van der Waals surface area contributed by atoms with Gasteiger partial charge in [0.25, 0.3) is 0 Å². The number of ether oxygens (including phenoxy) is 2. The fraction of sp³-hybridized carbons (Fsp3) is 0.846. The molecule has 1 rings (SSSR count). The second-order valence-corrected chi connectivity index (χ2v) is 5.02. The van der Waals surface area contributed by atoms with Gasteiger partial charge in [-0.15, -0.1) is 0 Å². The molecule has 1 unspecified atom stereocenters. The van der Waals surface area contributed by atoms with Gasteiger partial charge >= 0.3 is 12.1 Å². The summed E-state index contributed by atoms with van der Waals surface area (Å²) < 4.78 is 10.5. The molecule has 0 saturated carbocycles. The lowest BCUT2D eigenvalue weighted by molar-refractivity contribution is -0.142. The fourth-order valence-corrected chi connectivity index (χ4v) is 1.53. The van der Waals surface area contributed by atoms with Crippen LogP contribution in [0.5, 0.6) is 0 Å². The van der Waals surface area contributed by atoms with Crippen molar-refractivity contribution in [2.24, 2.45) is 0 Å². The maximum absolute atomic E-state index is 11.7. The molecule has 0 bridgehead atoms. The van der Waals surface area contributed by atoms with Crippen molar-refractivity contribution in [3.05, 3.63) is 0 Å². The summed E-state index contributed by atoms with van der Waals surface area (Å²) in [5, 5.41) is 8.66. The van der Waals surface area contributed by atoms with Crippen molar-refractivity contribution < 1.29 is 24.2 Å². The number of nitrogens with zero attached hydrogens (tertiary/aromatic N) is 1. The van der Waals surface area contributed by atoms with Crippen LogP contribution in [0.25, 0.3) is 0 Å². The second-order valence-electron chi connectivity index (χ2n) is 5.02. The Bertz CT molecular complexity index is 298. The molecule has 0 aromatic rings. The summed E-state index contributed by atoms with van der Waals surface area (Å²) in [7, 11) is 0. The third-order valence-electron chi connectivity index (χ3n) is 2.19. The summed E-state index contributed by atoms with van der Waals surface area (Å²) in [5.74, 6) is -0.930. The first kappa shape index (κ1) is 17.7. The molecule has 112 valence electrons. The highest BCUT2D eigenvalue weighted by Gasteiger charge is 2.29. The molecule has 1 amide bonds. The predicted molar refractivity (Wildman–Crippen MR) is 71.1 cm³/mol. The molecule has 1 aliphatic rings. The SMILES string of the molecule is CC.CC(C)(C)OC(=O)N1CCOC(CC(=O)O)C1. The van der Waals surface area contributed by atoms with Crippen LogP contribution in [0.15, 0.2) is 0 Å². The second kappa shape index (κ2) is 7.99. The number of hydrogen-bond acceptors (Lipinski definition) is 4. The van der Waals surface area contributed by atoms with Crippen molar-refractivity contribution >= 4 is 12.1 Å². The topological polar surface area (TPSA) is 76.1 Å². The van der Waals surface area contributed by atoms with E-state index in [0.29, 0.717) is 13.2 Å². The molecule has 0 aliphatic carbocycles. The van der Waals surface area contributed by atoms with Gasteiger partial charge in [-0.3, -0.25) is 4.79 Å². The highest BCUT2D eigenvalue weighted by Crippen LogP contribution is 2.14. The lowest BCUT2D eigenvalue weighted by Gasteiger charge is -2.33. The van der Waals surface area contributed by atoms with E-state index in [9.17, 15) is 9.59 Å². The average molecular weight is 275 g/mol. The first-order chi connectivity index (χ1) is 8.78. The quantitative estimate of drug-likeness (QED) is 0.835. The van der Waals surface area contributed by atoms with E-state index >= 15 is 0 Å². The van der Waals surface area contributed by atoms with Gasteiger partial charge in [0.05, 0.1) is 25.7 Å². The predicted octanol–water partition coefficient (Wildman–Crippen LogP) is 2.12. The summed E-state index contributed by atoms with van der Waals surface area (Å²) in [4.78, 5) is 23.8. The number of carbonyl (C=O) groups excluding carboxylic acids is 1. The number of morpholine rings is 1. The van der Waals surface area contributed by atoms with E-state index in [-0.39, 0.29) is 13.0 Å². The molecule has 1 N–H and O–H groups in total. The van der Waals surface area contributed by atoms with E-state index < -0.39 is 23.8 Å². The van der Waals surface area contributed by atoms with Gasteiger partial charge in [-0.05, 0) is 20.8 Å². The van der Waals surface area contributed by atoms with Gasteiger partial charge in [0.15, 0.2) is 0 Å². The highest BCUT2D eigenvalue weighted by molar-refractivity contribution is 5.69. The van der Waals surface area contributed by atoms with Crippen LogP contribution in [0.4, 0.5) is 4.79 Å². The van der Waals surface area contributed by atoms with Crippen LogP contribution in [-0.4, -0.2) is 53.5 Å². The van der Waals surface area contributed by atoms with Crippen molar-refractivity contribution in [1.29, 1.82) is 0 Å². The largest absolute Gasteiger partial charge is 0.481 e. The number of carboxylic acids is 1. The van der Waals surface area contributed by atoms with Gasteiger partial charge in [-0.2, -0.15) is 0 Å². The normalized spacial score (nSPS) is 19.2. The molecule has 6 heteroatoms. The van der Waals surface area contributed by atoms with Crippen LogP contribution in [-0.2, 0) is 14.3 Å². The maximum atomic E-state index is 11.7. The Balaban J connectivity index is 0.00000154. The zero-order chi connectivity index (χ0) is 15.1. The standard InChI is InChI=1S/C11H19NO5.C2H6/c1-11(2,3)17-10(15)12-4-5-16-8(7-12)6-9(13)14;1-2/h8H,4-7H2,1-3H3,(H,13,14);1-2H3. The molecular weight excluding hydrogens is 250 g/mol. The summed E-state index contributed by atoms with van der Waals surface area (Å²) in [6.07, 6.45) is -0.968. The van der Waals surface area contributed by atoms with Gasteiger partial charge in [0, 0.05) is 6.54 Å². The molecule has 6 nitrogen and oxygen atoms in total. The van der Waals surface area contributed by atoms with E-state index in [2.05, 4.69) is 0 Å². The molecule has 1 fully saturated rings. The smallest absolute Gasteiger partial charge is 0.410 e. The van der Waals surface area contributed by atoms with Gasteiger partial charge in [-0.1, -0.05) is 13.8 Å². The van der Waals surface area contributed by atoms with E-state index in [0.717, 1.165) is 0 Å². The monoisotopic (exact) mass is 275 g/mol. The fourth-order valence-electron chi connectivity index (χ4n) is 1.53. The van der Waals surface area contributed by atoms with Crippen LogP contribution in [0.2, 0.25) is 0 Å². The first-order valence-electron chi connectivity index (χ1n) is 6.59. The molecule has 0 aromatic carbocycles. The minimum atomic E-state index is -0.930. The van der Waals surface area contributed by atoms with Crippen molar-refractivity contribution in [2.75, 3.05) is 19.7 Å². The Labute approximate surface area is 114 Å². The number of hydrogen-bond donors (Lipinski definition) is 1. The van der Waals surface area contributed by atoms with E-state index in [1.165, 1.54) is 4.90 Å². The average Bonchev–Trinajstić information content (AvgIpc) is 2.29. The Morgan fingerprint density at radius 3 is 2.42 bits per heavy atom. The Hall–Kier alpha value is -1.30. The molecule has 19 heavy (non-hydrogen) atoms. The molecule has 1 saturated heterocycles. The Morgan fingerprint density at radius 1 is 1.37 bits per heavy atom. The van der Waals surface area contributed by atoms with Crippen molar-refractivity contribution in [2.45, 2.75) is 52.7 Å². The van der Waals surface area contributed by atoms with Crippen LogP contribution < -0.4 is 0 Å². The van der Waals surface area contributed by atoms with Crippen molar-refractivity contribution in [1.82, 2.24) is 4.90 Å². The number of rotatable bonds is 2. The minimum Gasteiger partial charge on any atom is -0.481 e. The van der Waals surface area contributed by atoms with Gasteiger partial charge in [0.1, 0.15) is 5.60 Å². The number of carboxylic acid groups (broad SMARTS) is 1. The molecular formula is C13H25NO5. The Kier molecular flexibility index (Phi) is 7.44. The van der Waals surface area contributed by atoms with E-state index in [1.807, 2.05) is 13.8 Å². The van der Waals surface area contributed by atoms with Gasteiger partial charge in [-0.25, -0.2) is 4.79 Å². The zero-order valence-corrected chi connectivity index (χ0v) is 12.4. The molecule has 0 spiro atoms. The number of amides is 1. The molecule has 1 atom stereocenters. The van der Waals surface area contributed by atoms with Gasteiger partial charge in [0.2, 0.25) is 0 Å². The lowest BCUT2D eigenvalue weighted by Crippen LogP contribution is -2.48. The third-order valence-corrected chi connectivity index (χ3v) is 2.19. The maximum Gasteiger partial charge on any atom is 0.410 e. The highest BCUT2D eigenvalue weighted by atomic mass is 16.6. The summed E-state index contributed by atoms with van der Waals surface area (Å²) in [6.45, 7) is 10.4. The van der Waals surface area contributed by atoms with Gasteiger partial charge < -0.3 is 19.5 Å². The van der Waals surface area contributed by atoms with E-state index in [4.69, 9.17) is 14.6 Å². The van der Waals surface area contributed by atoms with Crippen molar-refractivity contribution in [3.8, 4) is 0 Å².